The first-order valence-corrected chi connectivity index (χ1v) is 6.30. The van der Waals surface area contributed by atoms with Crippen LogP contribution in [0.1, 0.15) is 12.5 Å². The van der Waals surface area contributed by atoms with Gasteiger partial charge in [0.05, 0.1) is 4.92 Å². The van der Waals surface area contributed by atoms with Crippen molar-refractivity contribution in [1.29, 1.82) is 0 Å². The molecule has 0 spiro atoms. The third-order valence-corrected chi connectivity index (χ3v) is 3.14. The van der Waals surface area contributed by atoms with Gasteiger partial charge in [0, 0.05) is 23.2 Å². The molecular weight excluding hydrogens is 334 g/mol. The first-order chi connectivity index (χ1) is 9.31. The Balaban J connectivity index is 2.60. The van der Waals surface area contributed by atoms with E-state index in [9.17, 15) is 19.7 Å². The highest BCUT2D eigenvalue weighted by Gasteiger charge is 2.14. The zero-order valence-electron chi connectivity index (χ0n) is 10.4. The largest absolute Gasteiger partial charge is 0.480 e. The van der Waals surface area contributed by atoms with E-state index in [0.29, 0.717) is 10.0 Å². The van der Waals surface area contributed by atoms with Gasteiger partial charge in [-0.3, -0.25) is 14.9 Å². The van der Waals surface area contributed by atoms with Crippen LogP contribution in [0.4, 0.5) is 10.5 Å². The zero-order chi connectivity index (χ0) is 15.3. The van der Waals surface area contributed by atoms with Gasteiger partial charge in [-0.2, -0.15) is 0 Å². The van der Waals surface area contributed by atoms with E-state index in [1.54, 1.807) is 0 Å². The smallest absolute Gasteiger partial charge is 0.325 e. The second kappa shape index (κ2) is 6.85. The molecule has 0 aromatic heterocycles. The lowest BCUT2D eigenvalue weighted by Gasteiger charge is -2.11. The lowest BCUT2D eigenvalue weighted by molar-refractivity contribution is -0.384. The summed E-state index contributed by atoms with van der Waals surface area (Å²) in [6, 6.07) is 2.51. The maximum Gasteiger partial charge on any atom is 0.325 e. The van der Waals surface area contributed by atoms with Gasteiger partial charge in [0.15, 0.2) is 0 Å². The molecule has 0 bridgehead atoms. The fourth-order valence-electron chi connectivity index (χ4n) is 1.28. The molecule has 0 saturated heterocycles. The summed E-state index contributed by atoms with van der Waals surface area (Å²) in [5.74, 6) is -1.14. The van der Waals surface area contributed by atoms with E-state index in [1.807, 2.05) is 0 Å². The predicted molar refractivity (Wildman–Crippen MR) is 73.3 cm³/mol. The monoisotopic (exact) mass is 345 g/mol. The van der Waals surface area contributed by atoms with Crippen molar-refractivity contribution in [2.75, 3.05) is 0 Å². The molecule has 1 aromatic rings. The summed E-state index contributed by atoms with van der Waals surface area (Å²) in [5.41, 5.74) is 0.568. The molecule has 1 rings (SSSR count). The lowest BCUT2D eigenvalue weighted by Crippen LogP contribution is -2.44. The van der Waals surface area contributed by atoms with E-state index in [0.717, 1.165) is 0 Å². The molecule has 9 heteroatoms. The number of nitro benzene ring substituents is 1. The normalized spacial score (nSPS) is 11.5. The van der Waals surface area contributed by atoms with Crippen LogP contribution in [0.15, 0.2) is 22.7 Å². The highest BCUT2D eigenvalue weighted by molar-refractivity contribution is 9.10. The van der Waals surface area contributed by atoms with Crippen molar-refractivity contribution in [3.63, 3.8) is 0 Å². The number of non-ortho nitro benzene ring substituents is 1. The van der Waals surface area contributed by atoms with Crippen molar-refractivity contribution in [1.82, 2.24) is 10.6 Å². The Hall–Kier alpha value is -2.16. The number of hydrogen-bond acceptors (Lipinski definition) is 4. The number of aliphatic carboxylic acids is 1. The standard InChI is InChI=1S/C11H12BrN3O5/c1-6(10(16)17)14-11(18)13-5-7-2-3-8(15(19)20)4-9(7)12/h2-4,6H,5H2,1H3,(H,16,17)(H2,13,14,18). The third-order valence-electron chi connectivity index (χ3n) is 2.40. The first kappa shape index (κ1) is 15.9. The summed E-state index contributed by atoms with van der Waals surface area (Å²) in [5, 5.41) is 23.9. The molecule has 20 heavy (non-hydrogen) atoms. The SMILES string of the molecule is CC(NC(=O)NCc1ccc([N+](=O)[O-])cc1Br)C(=O)O. The summed E-state index contributed by atoms with van der Waals surface area (Å²) in [6.45, 7) is 1.44. The van der Waals surface area contributed by atoms with Crippen LogP contribution in [-0.4, -0.2) is 28.1 Å². The maximum atomic E-state index is 11.4. The molecule has 0 aliphatic rings. The number of halogens is 1. The molecule has 0 heterocycles. The van der Waals surface area contributed by atoms with Crippen LogP contribution in [0, 0.1) is 10.1 Å². The number of nitro groups is 1. The van der Waals surface area contributed by atoms with Crippen LogP contribution in [0.25, 0.3) is 0 Å². The molecule has 0 aliphatic heterocycles. The molecule has 108 valence electrons. The van der Waals surface area contributed by atoms with Gasteiger partial charge in [-0.05, 0) is 18.6 Å². The number of rotatable bonds is 5. The van der Waals surface area contributed by atoms with E-state index < -0.39 is 23.0 Å². The molecule has 3 N–H and O–H groups in total. The molecule has 0 saturated carbocycles. The van der Waals surface area contributed by atoms with Gasteiger partial charge >= 0.3 is 12.0 Å². The summed E-state index contributed by atoms with van der Waals surface area (Å²) in [6.07, 6.45) is 0. The second-order valence-corrected chi connectivity index (χ2v) is 4.77. The molecule has 1 unspecified atom stereocenters. The van der Waals surface area contributed by atoms with E-state index >= 15 is 0 Å². The third kappa shape index (κ3) is 4.50. The van der Waals surface area contributed by atoms with Gasteiger partial charge in [0.25, 0.3) is 5.69 Å². The first-order valence-electron chi connectivity index (χ1n) is 5.51. The lowest BCUT2D eigenvalue weighted by atomic mass is 10.2. The Morgan fingerprint density at radius 1 is 1.50 bits per heavy atom. The van der Waals surface area contributed by atoms with Crippen LogP contribution in [-0.2, 0) is 11.3 Å². The molecule has 8 nitrogen and oxygen atoms in total. The van der Waals surface area contributed by atoms with Crippen LogP contribution in [0.2, 0.25) is 0 Å². The minimum atomic E-state index is -1.14. The van der Waals surface area contributed by atoms with Crippen LogP contribution in [0.5, 0.6) is 0 Å². The molecule has 0 radical (unpaired) electrons. The van der Waals surface area contributed by atoms with Crippen molar-refractivity contribution in [2.24, 2.45) is 0 Å². The van der Waals surface area contributed by atoms with Crippen LogP contribution in [0.3, 0.4) is 0 Å². The van der Waals surface area contributed by atoms with Gasteiger partial charge in [-0.15, -0.1) is 0 Å². The van der Waals surface area contributed by atoms with Crippen molar-refractivity contribution in [3.05, 3.63) is 38.3 Å². The van der Waals surface area contributed by atoms with Crippen LogP contribution >= 0.6 is 15.9 Å². The second-order valence-electron chi connectivity index (χ2n) is 3.92. The number of carbonyl (C=O) groups is 2. The average Bonchev–Trinajstić information content (AvgIpc) is 2.36. The van der Waals surface area contributed by atoms with Gasteiger partial charge in [0.1, 0.15) is 6.04 Å². The number of hydrogen-bond donors (Lipinski definition) is 3. The van der Waals surface area contributed by atoms with E-state index in [-0.39, 0.29) is 12.2 Å². The van der Waals surface area contributed by atoms with Crippen molar-refractivity contribution in [3.8, 4) is 0 Å². The predicted octanol–water partition coefficient (Wildman–Crippen LogP) is 1.63. The Kier molecular flexibility index (Phi) is 5.44. The molecule has 1 aromatic carbocycles. The zero-order valence-corrected chi connectivity index (χ0v) is 12.0. The number of amides is 2. The molecule has 0 fully saturated rings. The number of benzene rings is 1. The van der Waals surface area contributed by atoms with Crippen molar-refractivity contribution in [2.45, 2.75) is 19.5 Å². The maximum absolute atomic E-state index is 11.4. The average molecular weight is 346 g/mol. The molecular formula is C11H12BrN3O5. The fraction of sp³-hybridized carbons (Fsp3) is 0.273. The summed E-state index contributed by atoms with van der Waals surface area (Å²) in [7, 11) is 0. The van der Waals surface area contributed by atoms with Gasteiger partial charge in [0.2, 0.25) is 0 Å². The highest BCUT2D eigenvalue weighted by atomic mass is 79.9. The quantitative estimate of drug-likeness (QED) is 0.553. The number of carboxylic acid groups (broad SMARTS) is 1. The Morgan fingerprint density at radius 2 is 2.15 bits per heavy atom. The minimum absolute atomic E-state index is 0.0652. The van der Waals surface area contributed by atoms with Crippen molar-refractivity contribution < 1.29 is 19.6 Å². The Labute approximate surface area is 122 Å². The van der Waals surface area contributed by atoms with E-state index in [2.05, 4.69) is 26.6 Å². The topological polar surface area (TPSA) is 122 Å². The number of carboxylic acids is 1. The van der Waals surface area contributed by atoms with E-state index in [4.69, 9.17) is 5.11 Å². The summed E-state index contributed by atoms with van der Waals surface area (Å²) < 4.78 is 0.485. The highest BCUT2D eigenvalue weighted by Crippen LogP contribution is 2.22. The molecule has 0 aliphatic carbocycles. The minimum Gasteiger partial charge on any atom is -0.480 e. The van der Waals surface area contributed by atoms with Crippen LogP contribution < -0.4 is 10.6 Å². The Bertz CT molecular complexity index is 549. The van der Waals surface area contributed by atoms with Gasteiger partial charge < -0.3 is 15.7 Å². The number of nitrogens with one attached hydrogen (secondary N) is 2. The number of nitrogens with zero attached hydrogens (tertiary/aromatic N) is 1. The number of urea groups is 1. The molecule has 2 amide bonds. The van der Waals surface area contributed by atoms with E-state index in [1.165, 1.54) is 25.1 Å². The summed E-state index contributed by atoms with van der Waals surface area (Å²) in [4.78, 5) is 32.0. The molecule has 1 atom stereocenters. The van der Waals surface area contributed by atoms with Crippen molar-refractivity contribution >= 4 is 33.6 Å². The van der Waals surface area contributed by atoms with Gasteiger partial charge in [-0.1, -0.05) is 15.9 Å². The summed E-state index contributed by atoms with van der Waals surface area (Å²) >= 11 is 3.17. The Morgan fingerprint density at radius 3 is 2.65 bits per heavy atom. The fourth-order valence-corrected chi connectivity index (χ4v) is 1.78. The van der Waals surface area contributed by atoms with Gasteiger partial charge in [-0.25, -0.2) is 4.79 Å². The number of carbonyl (C=O) groups excluding carboxylic acids is 1.